The van der Waals surface area contributed by atoms with Gasteiger partial charge in [-0.05, 0) is 44.0 Å². The molecule has 0 aliphatic heterocycles. The van der Waals surface area contributed by atoms with Crippen molar-refractivity contribution in [3.8, 4) is 0 Å². The maximum absolute atomic E-state index is 11.6. The van der Waals surface area contributed by atoms with E-state index < -0.39 is 0 Å². The summed E-state index contributed by atoms with van der Waals surface area (Å²) in [6.45, 7) is 2.64. The molecular formula is C13H19BrN2O. The zero-order valence-corrected chi connectivity index (χ0v) is 11.7. The molecule has 0 saturated carbocycles. The van der Waals surface area contributed by atoms with Gasteiger partial charge < -0.3 is 11.1 Å². The molecule has 0 saturated heterocycles. The van der Waals surface area contributed by atoms with E-state index in [1.54, 1.807) is 0 Å². The molecule has 1 aromatic rings. The number of carbonyl (C=O) groups is 1. The van der Waals surface area contributed by atoms with Crippen molar-refractivity contribution in [2.24, 2.45) is 5.73 Å². The average Bonchev–Trinajstić information content (AvgIpc) is 2.29. The molecule has 0 fully saturated rings. The first kappa shape index (κ1) is 14.2. The van der Waals surface area contributed by atoms with Crippen molar-refractivity contribution in [1.82, 2.24) is 5.32 Å². The lowest BCUT2D eigenvalue weighted by atomic mass is 10.1. The van der Waals surface area contributed by atoms with Crippen LogP contribution < -0.4 is 11.1 Å². The van der Waals surface area contributed by atoms with Gasteiger partial charge >= 0.3 is 0 Å². The molecule has 0 radical (unpaired) electrons. The molecule has 0 spiro atoms. The van der Waals surface area contributed by atoms with Gasteiger partial charge in [0.15, 0.2) is 0 Å². The Bertz CT molecular complexity index is 368. The molecule has 0 aromatic heterocycles. The first-order valence-electron chi connectivity index (χ1n) is 5.88. The molecule has 4 heteroatoms. The van der Waals surface area contributed by atoms with Gasteiger partial charge in [-0.1, -0.05) is 28.1 Å². The van der Waals surface area contributed by atoms with Crippen LogP contribution in [0.4, 0.5) is 0 Å². The minimum absolute atomic E-state index is 0.0397. The Balaban J connectivity index is 2.43. The van der Waals surface area contributed by atoms with Crippen LogP contribution in [0.3, 0.4) is 0 Å². The Morgan fingerprint density at radius 2 is 2.24 bits per heavy atom. The number of nitrogens with two attached hydrogens (primary N) is 1. The van der Waals surface area contributed by atoms with Crippen molar-refractivity contribution in [3.05, 3.63) is 34.3 Å². The number of halogens is 1. The molecular weight excluding hydrogens is 280 g/mol. The number of benzene rings is 1. The number of amides is 1. The van der Waals surface area contributed by atoms with Gasteiger partial charge in [0.1, 0.15) is 0 Å². The van der Waals surface area contributed by atoms with E-state index in [2.05, 4.69) is 21.2 Å². The van der Waals surface area contributed by atoms with Gasteiger partial charge in [-0.2, -0.15) is 0 Å². The van der Waals surface area contributed by atoms with Crippen molar-refractivity contribution < 1.29 is 4.79 Å². The van der Waals surface area contributed by atoms with E-state index in [1.807, 2.05) is 31.2 Å². The monoisotopic (exact) mass is 298 g/mol. The summed E-state index contributed by atoms with van der Waals surface area (Å²) in [6, 6.07) is 8.01. The minimum atomic E-state index is 0.0397. The molecule has 1 atom stereocenters. The highest BCUT2D eigenvalue weighted by Gasteiger charge is 2.09. The predicted octanol–water partition coefficient (Wildman–Crippen LogP) is 2.76. The molecule has 0 bridgehead atoms. The summed E-state index contributed by atoms with van der Waals surface area (Å²) in [4.78, 5) is 11.6. The van der Waals surface area contributed by atoms with Crippen LogP contribution in [-0.4, -0.2) is 12.5 Å². The lowest BCUT2D eigenvalue weighted by molar-refractivity contribution is -0.121. The van der Waals surface area contributed by atoms with Crippen molar-refractivity contribution in [2.75, 3.05) is 6.54 Å². The molecule has 17 heavy (non-hydrogen) atoms. The maximum Gasteiger partial charge on any atom is 0.220 e. The largest absolute Gasteiger partial charge is 0.350 e. The second-order valence-corrected chi connectivity index (χ2v) is 5.01. The summed E-state index contributed by atoms with van der Waals surface area (Å²) in [5.74, 6) is 0.0888. The normalized spacial score (nSPS) is 12.2. The van der Waals surface area contributed by atoms with Crippen LogP contribution in [0.2, 0.25) is 0 Å². The fraction of sp³-hybridized carbons (Fsp3) is 0.462. The van der Waals surface area contributed by atoms with Crippen molar-refractivity contribution in [2.45, 2.75) is 32.2 Å². The number of rotatable bonds is 6. The predicted molar refractivity (Wildman–Crippen MR) is 73.6 cm³/mol. The van der Waals surface area contributed by atoms with Gasteiger partial charge in [0.2, 0.25) is 5.91 Å². The van der Waals surface area contributed by atoms with Gasteiger partial charge in [0.25, 0.3) is 0 Å². The van der Waals surface area contributed by atoms with Gasteiger partial charge in [-0.15, -0.1) is 0 Å². The number of unbranched alkanes of at least 4 members (excludes halogenated alkanes) is 1. The first-order valence-corrected chi connectivity index (χ1v) is 6.67. The Hall–Kier alpha value is -0.870. The van der Waals surface area contributed by atoms with E-state index in [0.717, 1.165) is 22.9 Å². The highest BCUT2D eigenvalue weighted by atomic mass is 79.9. The fourth-order valence-electron chi connectivity index (χ4n) is 1.60. The van der Waals surface area contributed by atoms with E-state index in [9.17, 15) is 4.79 Å². The van der Waals surface area contributed by atoms with E-state index >= 15 is 0 Å². The zero-order chi connectivity index (χ0) is 12.7. The third-order valence-electron chi connectivity index (χ3n) is 2.58. The van der Waals surface area contributed by atoms with E-state index in [4.69, 9.17) is 5.73 Å². The van der Waals surface area contributed by atoms with Crippen molar-refractivity contribution in [1.29, 1.82) is 0 Å². The summed E-state index contributed by atoms with van der Waals surface area (Å²) >= 11 is 3.42. The molecule has 0 aliphatic carbocycles. The van der Waals surface area contributed by atoms with Gasteiger partial charge in [-0.3, -0.25) is 4.79 Å². The second-order valence-electron chi connectivity index (χ2n) is 4.09. The smallest absolute Gasteiger partial charge is 0.220 e. The van der Waals surface area contributed by atoms with Crippen LogP contribution in [0, 0.1) is 0 Å². The van der Waals surface area contributed by atoms with E-state index in [0.29, 0.717) is 13.0 Å². The Morgan fingerprint density at radius 3 is 2.88 bits per heavy atom. The van der Waals surface area contributed by atoms with Crippen LogP contribution in [0.25, 0.3) is 0 Å². The van der Waals surface area contributed by atoms with Crippen LogP contribution in [0.15, 0.2) is 28.7 Å². The maximum atomic E-state index is 11.6. The highest BCUT2D eigenvalue weighted by molar-refractivity contribution is 9.10. The number of hydrogen-bond acceptors (Lipinski definition) is 2. The summed E-state index contributed by atoms with van der Waals surface area (Å²) in [5, 5.41) is 2.98. The van der Waals surface area contributed by atoms with E-state index in [1.165, 1.54) is 0 Å². The van der Waals surface area contributed by atoms with Crippen LogP contribution in [0.1, 0.15) is 37.8 Å². The average molecular weight is 299 g/mol. The summed E-state index contributed by atoms with van der Waals surface area (Å²) in [5.41, 5.74) is 6.49. The standard InChI is InChI=1S/C13H19BrN2O/c1-10(11-5-4-6-12(14)9-11)16-13(17)7-2-3-8-15/h4-6,9-10H,2-3,7-8,15H2,1H3,(H,16,17)/t10-/m1/s1. The number of nitrogens with one attached hydrogen (secondary N) is 1. The molecule has 1 amide bonds. The minimum Gasteiger partial charge on any atom is -0.350 e. The third-order valence-corrected chi connectivity index (χ3v) is 3.08. The summed E-state index contributed by atoms with van der Waals surface area (Å²) < 4.78 is 1.03. The van der Waals surface area contributed by atoms with Crippen LogP contribution in [0.5, 0.6) is 0 Å². The van der Waals surface area contributed by atoms with Crippen molar-refractivity contribution >= 4 is 21.8 Å². The van der Waals surface area contributed by atoms with Gasteiger partial charge in [-0.25, -0.2) is 0 Å². The lowest BCUT2D eigenvalue weighted by Crippen LogP contribution is -2.26. The fourth-order valence-corrected chi connectivity index (χ4v) is 2.02. The summed E-state index contributed by atoms with van der Waals surface area (Å²) in [7, 11) is 0. The number of hydrogen-bond donors (Lipinski definition) is 2. The molecule has 1 rings (SSSR count). The Kier molecular flexibility index (Phi) is 6.22. The lowest BCUT2D eigenvalue weighted by Gasteiger charge is -2.14. The van der Waals surface area contributed by atoms with Gasteiger partial charge in [0, 0.05) is 10.9 Å². The van der Waals surface area contributed by atoms with Gasteiger partial charge in [0.05, 0.1) is 6.04 Å². The molecule has 0 aliphatic rings. The molecule has 0 heterocycles. The van der Waals surface area contributed by atoms with Crippen LogP contribution >= 0.6 is 15.9 Å². The molecule has 94 valence electrons. The first-order chi connectivity index (χ1) is 8.13. The summed E-state index contributed by atoms with van der Waals surface area (Å²) in [6.07, 6.45) is 2.31. The zero-order valence-electron chi connectivity index (χ0n) is 10.1. The van der Waals surface area contributed by atoms with Crippen LogP contribution in [-0.2, 0) is 4.79 Å². The molecule has 1 aromatic carbocycles. The quantitative estimate of drug-likeness (QED) is 0.794. The second kappa shape index (κ2) is 7.45. The molecule has 3 N–H and O–H groups in total. The third kappa shape index (κ3) is 5.33. The van der Waals surface area contributed by atoms with Crippen molar-refractivity contribution in [3.63, 3.8) is 0 Å². The Labute approximate surface area is 111 Å². The SMILES string of the molecule is C[C@@H](NC(=O)CCCCN)c1cccc(Br)c1. The highest BCUT2D eigenvalue weighted by Crippen LogP contribution is 2.17. The number of carbonyl (C=O) groups excluding carboxylic acids is 1. The molecule has 0 unspecified atom stereocenters. The molecule has 3 nitrogen and oxygen atoms in total. The van der Waals surface area contributed by atoms with E-state index in [-0.39, 0.29) is 11.9 Å². The topological polar surface area (TPSA) is 55.1 Å². The Morgan fingerprint density at radius 1 is 1.47 bits per heavy atom.